The van der Waals surface area contributed by atoms with Crippen LogP contribution in [0, 0.1) is 0 Å². The summed E-state index contributed by atoms with van der Waals surface area (Å²) in [6, 6.07) is 9.96. The second-order valence-electron chi connectivity index (χ2n) is 6.75. The number of nitrogens with zero attached hydrogens (tertiary/aromatic N) is 1. The number of carbonyl (C=O) groups is 1. The van der Waals surface area contributed by atoms with Crippen molar-refractivity contribution in [2.45, 2.75) is 50.2 Å². The largest absolute Gasteiger partial charge is 0.389 e. The van der Waals surface area contributed by atoms with Crippen molar-refractivity contribution >= 4 is 5.91 Å². The van der Waals surface area contributed by atoms with E-state index < -0.39 is 5.60 Å². The van der Waals surface area contributed by atoms with Gasteiger partial charge in [-0.15, -0.1) is 0 Å². The van der Waals surface area contributed by atoms with Gasteiger partial charge in [0, 0.05) is 6.54 Å². The zero-order valence-corrected chi connectivity index (χ0v) is 13.7. The Bertz CT molecular complexity index is 467. The molecule has 2 rings (SSSR count). The highest BCUT2D eigenvalue weighted by Gasteiger charge is 2.32. The quantitative estimate of drug-likeness (QED) is 0.849. The van der Waals surface area contributed by atoms with E-state index in [0.717, 1.165) is 44.2 Å². The summed E-state index contributed by atoms with van der Waals surface area (Å²) in [4.78, 5) is 14.5. The Morgan fingerprint density at radius 1 is 1.23 bits per heavy atom. The molecule has 1 amide bonds. The molecule has 0 heterocycles. The fourth-order valence-corrected chi connectivity index (χ4v) is 3.22. The van der Waals surface area contributed by atoms with Gasteiger partial charge in [0.2, 0.25) is 5.91 Å². The third-order valence-electron chi connectivity index (χ3n) is 4.36. The van der Waals surface area contributed by atoms with Gasteiger partial charge in [-0.2, -0.15) is 0 Å². The average molecular weight is 304 g/mol. The topological polar surface area (TPSA) is 52.6 Å². The zero-order valence-electron chi connectivity index (χ0n) is 13.7. The number of hydrogen-bond acceptors (Lipinski definition) is 3. The summed E-state index contributed by atoms with van der Waals surface area (Å²) in [5, 5.41) is 13.6. The molecule has 0 spiro atoms. The van der Waals surface area contributed by atoms with Crippen molar-refractivity contribution in [2.75, 3.05) is 20.6 Å². The molecule has 22 heavy (non-hydrogen) atoms. The summed E-state index contributed by atoms with van der Waals surface area (Å²) in [5.74, 6) is -0.0555. The van der Waals surface area contributed by atoms with E-state index in [1.165, 1.54) is 0 Å². The molecule has 1 saturated carbocycles. The molecule has 4 nitrogen and oxygen atoms in total. The van der Waals surface area contributed by atoms with Gasteiger partial charge in [0.15, 0.2) is 0 Å². The van der Waals surface area contributed by atoms with Crippen LogP contribution in [0.1, 0.15) is 50.1 Å². The first-order valence-corrected chi connectivity index (χ1v) is 8.20. The molecular formula is C18H28N2O2. The van der Waals surface area contributed by atoms with Crippen LogP contribution >= 0.6 is 0 Å². The third kappa shape index (κ3) is 5.11. The molecule has 0 saturated heterocycles. The van der Waals surface area contributed by atoms with Gasteiger partial charge >= 0.3 is 0 Å². The van der Waals surface area contributed by atoms with E-state index >= 15 is 0 Å². The number of carbonyl (C=O) groups excluding carboxylic acids is 1. The van der Waals surface area contributed by atoms with Crippen LogP contribution in [0.3, 0.4) is 0 Å². The molecule has 4 heteroatoms. The highest BCUT2D eigenvalue weighted by Crippen LogP contribution is 2.31. The minimum absolute atomic E-state index is 0.0455. The molecule has 0 bridgehead atoms. The smallest absolute Gasteiger partial charge is 0.223 e. The van der Waals surface area contributed by atoms with Crippen LogP contribution in [-0.4, -0.2) is 42.2 Å². The summed E-state index contributed by atoms with van der Waals surface area (Å²) >= 11 is 0. The van der Waals surface area contributed by atoms with Crippen molar-refractivity contribution < 1.29 is 9.90 Å². The second-order valence-corrected chi connectivity index (χ2v) is 6.75. The fourth-order valence-electron chi connectivity index (χ4n) is 3.22. The van der Waals surface area contributed by atoms with Crippen molar-refractivity contribution in [1.29, 1.82) is 0 Å². The molecule has 1 fully saturated rings. The van der Waals surface area contributed by atoms with Gasteiger partial charge in [-0.1, -0.05) is 49.6 Å². The highest BCUT2D eigenvalue weighted by atomic mass is 16.3. The number of hydrogen-bond donors (Lipinski definition) is 2. The first-order chi connectivity index (χ1) is 10.5. The van der Waals surface area contributed by atoms with E-state index in [9.17, 15) is 9.90 Å². The summed E-state index contributed by atoms with van der Waals surface area (Å²) < 4.78 is 0. The Kier molecular flexibility index (Phi) is 5.98. The number of likely N-dealkylation sites (N-methyl/N-ethyl adjacent to an activating group) is 1. The minimum Gasteiger partial charge on any atom is -0.389 e. The van der Waals surface area contributed by atoms with E-state index in [0.29, 0.717) is 0 Å². The molecule has 122 valence electrons. The van der Waals surface area contributed by atoms with E-state index in [-0.39, 0.29) is 18.4 Å². The lowest BCUT2D eigenvalue weighted by molar-refractivity contribution is -0.128. The van der Waals surface area contributed by atoms with Crippen molar-refractivity contribution in [3.63, 3.8) is 0 Å². The van der Waals surface area contributed by atoms with Crippen LogP contribution in [0.2, 0.25) is 0 Å². The second kappa shape index (κ2) is 7.75. The van der Waals surface area contributed by atoms with Crippen LogP contribution < -0.4 is 5.32 Å². The summed E-state index contributed by atoms with van der Waals surface area (Å²) in [6.45, 7) is 0.744. The summed E-state index contributed by atoms with van der Waals surface area (Å²) in [5.41, 5.74) is 0.294. The van der Waals surface area contributed by atoms with Gasteiger partial charge in [-0.05, 0) is 32.5 Å². The maximum absolute atomic E-state index is 12.4. The van der Waals surface area contributed by atoms with E-state index in [1.54, 1.807) is 0 Å². The maximum Gasteiger partial charge on any atom is 0.223 e. The number of rotatable bonds is 6. The van der Waals surface area contributed by atoms with Crippen LogP contribution in [0.25, 0.3) is 0 Å². The molecule has 1 aliphatic carbocycles. The lowest BCUT2D eigenvalue weighted by atomic mass is 9.82. The first kappa shape index (κ1) is 17.0. The first-order valence-electron chi connectivity index (χ1n) is 8.20. The number of nitrogens with one attached hydrogen (secondary N) is 1. The Morgan fingerprint density at radius 3 is 2.45 bits per heavy atom. The summed E-state index contributed by atoms with van der Waals surface area (Å²) in [7, 11) is 3.99. The Labute approximate surface area is 133 Å². The number of benzene rings is 1. The predicted molar refractivity (Wildman–Crippen MR) is 88.5 cm³/mol. The van der Waals surface area contributed by atoms with Crippen LogP contribution in [0.15, 0.2) is 30.3 Å². The SMILES string of the molecule is CN(C)CC(NC(=O)CC1(O)CCCCC1)c1ccccc1. The molecule has 0 aliphatic heterocycles. The highest BCUT2D eigenvalue weighted by molar-refractivity contribution is 5.77. The van der Waals surface area contributed by atoms with Gasteiger partial charge < -0.3 is 15.3 Å². The Balaban J connectivity index is 1.98. The van der Waals surface area contributed by atoms with E-state index in [4.69, 9.17) is 0 Å². The predicted octanol–water partition coefficient (Wildman–Crippen LogP) is 2.49. The molecule has 1 aromatic carbocycles. The molecule has 0 aromatic heterocycles. The molecular weight excluding hydrogens is 276 g/mol. The summed E-state index contributed by atoms with van der Waals surface area (Å²) in [6.07, 6.45) is 4.89. The molecule has 1 aromatic rings. The van der Waals surface area contributed by atoms with Crippen molar-refractivity contribution in [1.82, 2.24) is 10.2 Å². The van der Waals surface area contributed by atoms with Crippen molar-refractivity contribution in [2.24, 2.45) is 0 Å². The molecule has 1 aliphatic rings. The van der Waals surface area contributed by atoms with Crippen molar-refractivity contribution in [3.05, 3.63) is 35.9 Å². The van der Waals surface area contributed by atoms with Crippen LogP contribution in [0.5, 0.6) is 0 Å². The maximum atomic E-state index is 12.4. The van der Waals surface area contributed by atoms with Gasteiger partial charge in [-0.3, -0.25) is 4.79 Å². The van der Waals surface area contributed by atoms with Gasteiger partial charge in [0.1, 0.15) is 0 Å². The fraction of sp³-hybridized carbons (Fsp3) is 0.611. The van der Waals surface area contributed by atoms with Crippen molar-refractivity contribution in [3.8, 4) is 0 Å². The van der Waals surface area contributed by atoms with Gasteiger partial charge in [0.05, 0.1) is 18.1 Å². The van der Waals surface area contributed by atoms with Gasteiger partial charge in [0.25, 0.3) is 0 Å². The van der Waals surface area contributed by atoms with Crippen LogP contribution in [0.4, 0.5) is 0 Å². The lowest BCUT2D eigenvalue weighted by Gasteiger charge is -2.32. The average Bonchev–Trinajstić information content (AvgIpc) is 2.47. The van der Waals surface area contributed by atoms with E-state index in [2.05, 4.69) is 10.2 Å². The zero-order chi connectivity index (χ0) is 16.0. The van der Waals surface area contributed by atoms with Crippen LogP contribution in [-0.2, 0) is 4.79 Å². The standard InChI is InChI=1S/C18H28N2O2/c1-20(2)14-16(15-9-5-3-6-10-15)19-17(21)13-18(22)11-7-4-8-12-18/h3,5-6,9-10,16,22H,4,7-8,11-14H2,1-2H3,(H,19,21). The molecule has 1 unspecified atom stereocenters. The molecule has 1 atom stereocenters. The molecule has 0 radical (unpaired) electrons. The normalized spacial score (nSPS) is 18.9. The molecule has 2 N–H and O–H groups in total. The van der Waals surface area contributed by atoms with Gasteiger partial charge in [-0.25, -0.2) is 0 Å². The number of amides is 1. The number of aliphatic hydroxyl groups is 1. The van der Waals surface area contributed by atoms with E-state index in [1.807, 2.05) is 44.4 Å². The lowest BCUT2D eigenvalue weighted by Crippen LogP contribution is -2.41. The Hall–Kier alpha value is -1.39. The minimum atomic E-state index is -0.804. The Morgan fingerprint density at radius 2 is 1.86 bits per heavy atom. The monoisotopic (exact) mass is 304 g/mol. The third-order valence-corrected chi connectivity index (χ3v) is 4.36.